The number of hydrogen-bond donors (Lipinski definition) is 1. The Kier molecular flexibility index (Phi) is 7.55. The van der Waals surface area contributed by atoms with Gasteiger partial charge in [0.1, 0.15) is 5.54 Å². The van der Waals surface area contributed by atoms with Crippen molar-refractivity contribution in [1.82, 2.24) is 5.32 Å². The number of rotatable bonds is 11. The van der Waals surface area contributed by atoms with Crippen molar-refractivity contribution in [3.8, 4) is 6.07 Å². The van der Waals surface area contributed by atoms with Crippen LogP contribution in [0.3, 0.4) is 0 Å². The van der Waals surface area contributed by atoms with Crippen LogP contribution in [0.5, 0.6) is 0 Å². The van der Waals surface area contributed by atoms with Gasteiger partial charge in [-0.25, -0.2) is 0 Å². The van der Waals surface area contributed by atoms with Gasteiger partial charge in [0, 0.05) is 12.6 Å². The molecule has 3 heteroatoms. The third-order valence-corrected chi connectivity index (χ3v) is 4.25. The lowest BCUT2D eigenvalue weighted by Crippen LogP contribution is -2.53. The Morgan fingerprint density at radius 3 is 2.50 bits per heavy atom. The largest absolute Gasteiger partial charge is 0.378 e. The van der Waals surface area contributed by atoms with Crippen molar-refractivity contribution in [3.05, 3.63) is 0 Å². The Balaban J connectivity index is 2.44. The van der Waals surface area contributed by atoms with Gasteiger partial charge in [0.2, 0.25) is 0 Å². The van der Waals surface area contributed by atoms with E-state index in [1.54, 1.807) is 0 Å². The topological polar surface area (TPSA) is 45.0 Å². The van der Waals surface area contributed by atoms with Crippen LogP contribution in [0.25, 0.3) is 0 Å². The lowest BCUT2D eigenvalue weighted by atomic mass is 9.94. The van der Waals surface area contributed by atoms with Gasteiger partial charge in [-0.2, -0.15) is 5.26 Å². The van der Waals surface area contributed by atoms with E-state index >= 15 is 0 Å². The second-order valence-corrected chi connectivity index (χ2v) is 6.59. The Labute approximate surface area is 125 Å². The van der Waals surface area contributed by atoms with Crippen LogP contribution in [0.15, 0.2) is 0 Å². The lowest BCUT2D eigenvalue weighted by Gasteiger charge is -2.30. The highest BCUT2D eigenvalue weighted by molar-refractivity contribution is 5.16. The summed E-state index contributed by atoms with van der Waals surface area (Å²) in [6.45, 7) is 10.00. The fourth-order valence-corrected chi connectivity index (χ4v) is 2.81. The maximum absolute atomic E-state index is 9.61. The Hall–Kier alpha value is -0.590. The van der Waals surface area contributed by atoms with Gasteiger partial charge in [0.25, 0.3) is 0 Å². The maximum Gasteiger partial charge on any atom is 0.133 e. The highest BCUT2D eigenvalue weighted by atomic mass is 16.5. The number of hydrogen-bond acceptors (Lipinski definition) is 3. The third-order valence-electron chi connectivity index (χ3n) is 4.25. The average molecular weight is 280 g/mol. The summed E-state index contributed by atoms with van der Waals surface area (Å²) in [4.78, 5) is 0. The molecule has 1 rings (SSSR count). The third kappa shape index (κ3) is 5.42. The highest BCUT2D eigenvalue weighted by Gasteiger charge is 2.46. The van der Waals surface area contributed by atoms with Crippen LogP contribution in [0, 0.1) is 23.2 Å². The molecule has 0 aliphatic heterocycles. The molecule has 3 nitrogen and oxygen atoms in total. The molecule has 0 aromatic heterocycles. The second-order valence-electron chi connectivity index (χ2n) is 6.59. The van der Waals surface area contributed by atoms with Crippen molar-refractivity contribution in [3.63, 3.8) is 0 Å². The minimum atomic E-state index is -0.461. The molecule has 2 unspecified atom stereocenters. The molecule has 1 saturated carbocycles. The van der Waals surface area contributed by atoms with Crippen molar-refractivity contribution in [2.45, 2.75) is 77.8 Å². The fraction of sp³-hybridized carbons (Fsp3) is 0.941. The van der Waals surface area contributed by atoms with Crippen LogP contribution in [0.1, 0.15) is 66.2 Å². The van der Waals surface area contributed by atoms with Gasteiger partial charge in [-0.05, 0) is 44.9 Å². The molecule has 0 aromatic carbocycles. The molecule has 0 spiro atoms. The van der Waals surface area contributed by atoms with Gasteiger partial charge >= 0.3 is 0 Å². The summed E-state index contributed by atoms with van der Waals surface area (Å²) in [5.74, 6) is 1.12. The minimum Gasteiger partial charge on any atom is -0.378 e. The molecule has 0 saturated heterocycles. The zero-order valence-electron chi connectivity index (χ0n) is 13.7. The molecule has 116 valence electrons. The van der Waals surface area contributed by atoms with Gasteiger partial charge in [-0.1, -0.05) is 33.1 Å². The average Bonchev–Trinajstić information content (AvgIpc) is 3.25. The predicted molar refractivity (Wildman–Crippen MR) is 83.5 cm³/mol. The minimum absolute atomic E-state index is 0.320. The van der Waals surface area contributed by atoms with E-state index in [1.807, 2.05) is 0 Å². The van der Waals surface area contributed by atoms with Gasteiger partial charge in [-0.3, -0.25) is 5.32 Å². The molecule has 2 atom stereocenters. The molecule has 0 aromatic rings. The molecule has 0 radical (unpaired) electrons. The summed E-state index contributed by atoms with van der Waals surface area (Å²) in [6.07, 6.45) is 7.25. The molecular weight excluding hydrogens is 248 g/mol. The molecular formula is C17H32N2O. The zero-order valence-corrected chi connectivity index (χ0v) is 13.7. The normalized spacial score (nSPS) is 19.6. The molecule has 1 aliphatic rings. The summed E-state index contributed by atoms with van der Waals surface area (Å²) in [5, 5.41) is 13.1. The summed E-state index contributed by atoms with van der Waals surface area (Å²) >= 11 is 0. The Morgan fingerprint density at radius 2 is 2.05 bits per heavy atom. The second kappa shape index (κ2) is 8.64. The highest BCUT2D eigenvalue weighted by Crippen LogP contribution is 2.40. The first kappa shape index (κ1) is 17.5. The van der Waals surface area contributed by atoms with E-state index in [1.165, 1.54) is 25.7 Å². The van der Waals surface area contributed by atoms with E-state index in [9.17, 15) is 5.26 Å². The molecule has 20 heavy (non-hydrogen) atoms. The van der Waals surface area contributed by atoms with Crippen LogP contribution >= 0.6 is 0 Å². The predicted octanol–water partition coefficient (Wildman–Crippen LogP) is 3.89. The van der Waals surface area contributed by atoms with Crippen LogP contribution in [0.4, 0.5) is 0 Å². The zero-order chi connectivity index (χ0) is 15.0. The van der Waals surface area contributed by atoms with E-state index in [4.69, 9.17) is 4.74 Å². The van der Waals surface area contributed by atoms with E-state index in [2.05, 4.69) is 39.1 Å². The standard InChI is InChI=1S/C17H32N2O/c1-5-7-8-15(6-2)11-20-13-17(12-18,16-9-10-16)19-14(3)4/h14-16,19H,5-11,13H2,1-4H3. The number of nitrogens with one attached hydrogen (secondary N) is 1. The van der Waals surface area contributed by atoms with E-state index in [0.717, 1.165) is 19.4 Å². The van der Waals surface area contributed by atoms with Crippen molar-refractivity contribution in [2.75, 3.05) is 13.2 Å². The molecule has 1 fully saturated rings. The van der Waals surface area contributed by atoms with Crippen molar-refractivity contribution >= 4 is 0 Å². The van der Waals surface area contributed by atoms with Gasteiger partial charge < -0.3 is 4.74 Å². The van der Waals surface area contributed by atoms with Crippen molar-refractivity contribution in [1.29, 1.82) is 5.26 Å². The number of unbranched alkanes of at least 4 members (excludes halogenated alkanes) is 1. The van der Waals surface area contributed by atoms with Gasteiger partial charge in [0.15, 0.2) is 0 Å². The van der Waals surface area contributed by atoms with E-state index in [-0.39, 0.29) is 0 Å². The molecule has 0 bridgehead atoms. The Bertz CT molecular complexity index is 307. The lowest BCUT2D eigenvalue weighted by molar-refractivity contribution is 0.0503. The number of nitrogens with zero attached hydrogens (tertiary/aromatic N) is 1. The quantitative estimate of drug-likeness (QED) is 0.624. The molecule has 0 amide bonds. The van der Waals surface area contributed by atoms with E-state index < -0.39 is 5.54 Å². The molecule has 0 heterocycles. The number of nitriles is 1. The SMILES string of the molecule is CCCCC(CC)COCC(C#N)(NC(C)C)C1CC1. The van der Waals surface area contributed by atoms with Crippen LogP contribution < -0.4 is 5.32 Å². The van der Waals surface area contributed by atoms with Gasteiger partial charge in [-0.15, -0.1) is 0 Å². The van der Waals surface area contributed by atoms with E-state index in [0.29, 0.717) is 24.5 Å². The summed E-state index contributed by atoms with van der Waals surface area (Å²) in [5.41, 5.74) is -0.461. The van der Waals surface area contributed by atoms with Crippen LogP contribution in [-0.4, -0.2) is 24.8 Å². The monoisotopic (exact) mass is 280 g/mol. The first-order valence-electron chi connectivity index (χ1n) is 8.34. The summed E-state index contributed by atoms with van der Waals surface area (Å²) in [6, 6.07) is 2.83. The van der Waals surface area contributed by atoms with Crippen molar-refractivity contribution < 1.29 is 4.74 Å². The van der Waals surface area contributed by atoms with Crippen LogP contribution in [0.2, 0.25) is 0 Å². The Morgan fingerprint density at radius 1 is 1.35 bits per heavy atom. The first-order chi connectivity index (χ1) is 9.57. The summed E-state index contributed by atoms with van der Waals surface area (Å²) in [7, 11) is 0. The maximum atomic E-state index is 9.61. The smallest absolute Gasteiger partial charge is 0.133 e. The fourth-order valence-electron chi connectivity index (χ4n) is 2.81. The number of ether oxygens (including phenoxy) is 1. The molecule has 1 aliphatic carbocycles. The van der Waals surface area contributed by atoms with Gasteiger partial charge in [0.05, 0.1) is 12.7 Å². The molecule has 1 N–H and O–H groups in total. The summed E-state index contributed by atoms with van der Waals surface area (Å²) < 4.78 is 5.96. The first-order valence-corrected chi connectivity index (χ1v) is 8.34. The van der Waals surface area contributed by atoms with Crippen molar-refractivity contribution in [2.24, 2.45) is 11.8 Å². The van der Waals surface area contributed by atoms with Crippen LogP contribution in [-0.2, 0) is 4.74 Å².